The molecule has 2 aromatic heterocycles. The molecule has 140 valence electrons. The Morgan fingerprint density at radius 1 is 1.38 bits per heavy atom. The number of imidazole rings is 1. The number of aromatic nitrogens is 4. The van der Waals surface area contributed by atoms with Crippen molar-refractivity contribution < 1.29 is 23.6 Å². The van der Waals surface area contributed by atoms with Crippen molar-refractivity contribution in [2.24, 2.45) is 5.92 Å². The number of ether oxygens (including phenoxy) is 1. The molecule has 1 fully saturated rings. The molecule has 10 nitrogen and oxygen atoms in total. The maximum absolute atomic E-state index is 10.8. The van der Waals surface area contributed by atoms with E-state index >= 15 is 0 Å². The fraction of sp³-hybridized carbons (Fsp3) is 0.400. The zero-order valence-corrected chi connectivity index (χ0v) is 14.9. The van der Waals surface area contributed by atoms with Gasteiger partial charge >= 0.3 is 7.82 Å². The van der Waals surface area contributed by atoms with Crippen LogP contribution >= 0.6 is 7.82 Å². The lowest BCUT2D eigenvalue weighted by molar-refractivity contribution is -0.0290. The van der Waals surface area contributed by atoms with Gasteiger partial charge in [0, 0.05) is 5.92 Å². The van der Waals surface area contributed by atoms with E-state index in [-0.39, 0.29) is 24.7 Å². The molecule has 3 rings (SSSR count). The van der Waals surface area contributed by atoms with Crippen molar-refractivity contribution in [2.45, 2.75) is 25.7 Å². The molecule has 3 atom stereocenters. The van der Waals surface area contributed by atoms with E-state index in [4.69, 9.17) is 20.3 Å². The van der Waals surface area contributed by atoms with Gasteiger partial charge in [-0.25, -0.2) is 14.5 Å². The molecule has 1 aliphatic heterocycles. The summed E-state index contributed by atoms with van der Waals surface area (Å²) >= 11 is 0. The number of nitrogens with zero attached hydrogens (tertiary/aromatic N) is 4. The Hall–Kier alpha value is -2.46. The van der Waals surface area contributed by atoms with Crippen LogP contribution in [0.5, 0.6) is 0 Å². The minimum absolute atomic E-state index is 0.0963. The molecule has 0 bridgehead atoms. The minimum atomic E-state index is -4.50. The minimum Gasteiger partial charge on any atom is -0.368 e. The van der Waals surface area contributed by atoms with Crippen LogP contribution in [0.1, 0.15) is 19.6 Å². The van der Waals surface area contributed by atoms with Gasteiger partial charge in [0.15, 0.2) is 5.65 Å². The highest BCUT2D eigenvalue weighted by Gasteiger charge is 2.35. The molecule has 1 unspecified atom stereocenters. The summed E-state index contributed by atoms with van der Waals surface area (Å²) in [6.45, 7) is 1.80. The average Bonchev–Trinajstić information content (AvgIpc) is 3.18. The van der Waals surface area contributed by atoms with E-state index in [0.29, 0.717) is 17.6 Å². The van der Waals surface area contributed by atoms with E-state index in [1.807, 2.05) is 6.92 Å². The zero-order chi connectivity index (χ0) is 19.9. The van der Waals surface area contributed by atoms with E-state index in [0.717, 1.165) is 0 Å². The summed E-state index contributed by atoms with van der Waals surface area (Å²) in [7, 11) is -4.50. The Morgan fingerprint density at radius 2 is 2.04 bits per heavy atom. The van der Waals surface area contributed by atoms with Crippen molar-refractivity contribution in [1.29, 1.82) is 0 Å². The van der Waals surface area contributed by atoms with E-state index in [1.165, 1.54) is 6.20 Å². The second-order valence-corrected chi connectivity index (χ2v) is 6.48. The van der Waals surface area contributed by atoms with Crippen molar-refractivity contribution in [1.82, 2.24) is 19.5 Å². The molecule has 11 heteroatoms. The molecule has 3 heterocycles. The fourth-order valence-electron chi connectivity index (χ4n) is 2.57. The van der Waals surface area contributed by atoms with Crippen molar-refractivity contribution >= 4 is 24.9 Å². The molecule has 0 radical (unpaired) electrons. The Labute approximate surface area is 151 Å². The van der Waals surface area contributed by atoms with Crippen LogP contribution < -0.4 is 5.73 Å². The lowest BCUT2D eigenvalue weighted by Gasteiger charge is -2.17. The summed E-state index contributed by atoms with van der Waals surface area (Å²) in [6.07, 6.45) is 19.0. The summed E-state index contributed by atoms with van der Waals surface area (Å²) in [5, 5.41) is 0. The first-order valence-electron chi connectivity index (χ1n) is 7.31. The first-order chi connectivity index (χ1) is 12.3. The van der Waals surface area contributed by atoms with Crippen LogP contribution in [-0.2, 0) is 13.8 Å². The average molecular weight is 381 g/mol. The third-order valence-electron chi connectivity index (χ3n) is 3.49. The first-order valence-corrected chi connectivity index (χ1v) is 8.84. The number of rotatable bonds is 4. The standard InChI is InChI=1S/C11H16N5O5P.2C2H2/c1-6-2-7(4-20-22(17,18)19)21-10(6)16-5-14-8-3-13-11(12)15-9(8)16;2*1-2/h3,5-7,10H,2,4H2,1H3,(H2,12,13,15)(H2,17,18,19);2*1-2H/t6?,7-,10+;;/m0../s1. The highest BCUT2D eigenvalue weighted by molar-refractivity contribution is 7.46. The van der Waals surface area contributed by atoms with Crippen LogP contribution in [0.3, 0.4) is 0 Å². The molecule has 0 saturated carbocycles. The lowest BCUT2D eigenvalue weighted by Crippen LogP contribution is -2.16. The van der Waals surface area contributed by atoms with E-state index in [1.54, 1.807) is 10.9 Å². The van der Waals surface area contributed by atoms with Crippen LogP contribution in [0.25, 0.3) is 11.2 Å². The monoisotopic (exact) mass is 381 g/mol. The topological polar surface area (TPSA) is 146 Å². The summed E-state index contributed by atoms with van der Waals surface area (Å²) in [4.78, 5) is 29.7. The van der Waals surface area contributed by atoms with Crippen LogP contribution in [0.2, 0.25) is 0 Å². The van der Waals surface area contributed by atoms with Gasteiger partial charge in [0.25, 0.3) is 0 Å². The molecule has 0 aromatic carbocycles. The maximum Gasteiger partial charge on any atom is 0.469 e. The van der Waals surface area contributed by atoms with Gasteiger partial charge in [-0.2, -0.15) is 4.98 Å². The van der Waals surface area contributed by atoms with Gasteiger partial charge in [0.1, 0.15) is 11.7 Å². The number of terminal acetylenes is 2. The molecule has 0 spiro atoms. The van der Waals surface area contributed by atoms with Gasteiger partial charge in [-0.15, -0.1) is 25.7 Å². The number of fused-ring (bicyclic) bond motifs is 1. The van der Waals surface area contributed by atoms with Crippen molar-refractivity contribution in [3.05, 3.63) is 12.5 Å². The Morgan fingerprint density at radius 3 is 2.65 bits per heavy atom. The highest BCUT2D eigenvalue weighted by Crippen LogP contribution is 2.40. The molecule has 1 aliphatic rings. The van der Waals surface area contributed by atoms with Crippen LogP contribution in [0, 0.1) is 31.6 Å². The number of phosphoric acid groups is 1. The lowest BCUT2D eigenvalue weighted by atomic mass is 10.1. The molecule has 0 amide bonds. The Bertz CT molecular complexity index is 808. The zero-order valence-electron chi connectivity index (χ0n) is 14.0. The number of phosphoric ester groups is 1. The third-order valence-corrected chi connectivity index (χ3v) is 3.98. The third kappa shape index (κ3) is 5.27. The quantitative estimate of drug-likeness (QED) is 0.520. The van der Waals surface area contributed by atoms with Gasteiger partial charge in [-0.05, 0) is 6.42 Å². The molecular weight excluding hydrogens is 361 g/mol. The predicted octanol–water partition coefficient (Wildman–Crippen LogP) is 0.940. The van der Waals surface area contributed by atoms with Crippen LogP contribution in [0.15, 0.2) is 12.5 Å². The highest BCUT2D eigenvalue weighted by atomic mass is 31.2. The molecule has 0 aliphatic carbocycles. The van der Waals surface area contributed by atoms with Gasteiger partial charge in [-0.3, -0.25) is 9.09 Å². The Kier molecular flexibility index (Phi) is 7.72. The smallest absolute Gasteiger partial charge is 0.368 e. The van der Waals surface area contributed by atoms with Crippen LogP contribution in [0.4, 0.5) is 5.95 Å². The van der Waals surface area contributed by atoms with Crippen molar-refractivity contribution in [3.8, 4) is 25.7 Å². The first kappa shape index (κ1) is 21.6. The number of anilines is 1. The van der Waals surface area contributed by atoms with Gasteiger partial charge in [-0.1, -0.05) is 6.92 Å². The maximum atomic E-state index is 10.8. The van der Waals surface area contributed by atoms with Gasteiger partial charge < -0.3 is 20.3 Å². The molecular formula is C15H20N5O5P. The van der Waals surface area contributed by atoms with Gasteiger partial charge in [0.2, 0.25) is 5.95 Å². The van der Waals surface area contributed by atoms with Crippen LogP contribution in [-0.4, -0.2) is 42.0 Å². The predicted molar refractivity (Wildman–Crippen MR) is 95.2 cm³/mol. The van der Waals surface area contributed by atoms with E-state index < -0.39 is 13.9 Å². The normalized spacial score (nSPS) is 22.0. The molecule has 26 heavy (non-hydrogen) atoms. The van der Waals surface area contributed by atoms with E-state index in [9.17, 15) is 4.57 Å². The SMILES string of the molecule is C#C.C#C.CC1C[C@@H](COP(=O)(O)O)O[C@H]1n1cnc2cnc(N)nc21. The Balaban J connectivity index is 0.000000791. The molecule has 1 saturated heterocycles. The fourth-order valence-corrected chi connectivity index (χ4v) is 2.93. The second kappa shape index (κ2) is 9.30. The summed E-state index contributed by atoms with van der Waals surface area (Å²) in [6, 6.07) is 0. The largest absolute Gasteiger partial charge is 0.469 e. The van der Waals surface area contributed by atoms with Crippen molar-refractivity contribution in [2.75, 3.05) is 12.3 Å². The number of nitrogens with two attached hydrogens (primary N) is 1. The van der Waals surface area contributed by atoms with E-state index in [2.05, 4.69) is 45.2 Å². The van der Waals surface area contributed by atoms with Crippen molar-refractivity contribution in [3.63, 3.8) is 0 Å². The summed E-state index contributed by atoms with van der Waals surface area (Å²) in [5.74, 6) is 0.236. The molecule has 4 N–H and O–H groups in total. The summed E-state index contributed by atoms with van der Waals surface area (Å²) in [5.41, 5.74) is 6.75. The number of nitrogen functional groups attached to an aromatic ring is 1. The summed E-state index contributed by atoms with van der Waals surface area (Å²) < 4.78 is 22.8. The van der Waals surface area contributed by atoms with Gasteiger partial charge in [0.05, 0.1) is 25.2 Å². The molecule has 2 aromatic rings. The second-order valence-electron chi connectivity index (χ2n) is 5.24. The number of hydrogen-bond donors (Lipinski definition) is 3. The number of hydrogen-bond acceptors (Lipinski definition) is 7.